The summed E-state index contributed by atoms with van der Waals surface area (Å²) < 4.78 is 38.5. The summed E-state index contributed by atoms with van der Waals surface area (Å²) in [5.41, 5.74) is 6.94. The van der Waals surface area contributed by atoms with Crippen LogP contribution in [-0.2, 0) is 17.4 Å². The van der Waals surface area contributed by atoms with Crippen molar-refractivity contribution in [2.45, 2.75) is 18.6 Å². The van der Waals surface area contributed by atoms with Crippen molar-refractivity contribution in [1.29, 1.82) is 0 Å². The molecule has 0 bridgehead atoms. The van der Waals surface area contributed by atoms with Gasteiger partial charge in [0.15, 0.2) is 0 Å². The molecule has 2 heterocycles. The summed E-state index contributed by atoms with van der Waals surface area (Å²) >= 11 is 0. The smallest absolute Gasteiger partial charge is 0.348 e. The van der Waals surface area contributed by atoms with Gasteiger partial charge in [0, 0.05) is 42.0 Å². The van der Waals surface area contributed by atoms with Gasteiger partial charge in [-0.2, -0.15) is 13.2 Å². The number of nitrogens with one attached hydrogen (secondary N) is 2. The Morgan fingerprint density at radius 2 is 2.00 bits per heavy atom. The van der Waals surface area contributed by atoms with Crippen LogP contribution in [0.25, 0.3) is 17.1 Å². The minimum Gasteiger partial charge on any atom is -0.348 e. The second kappa shape index (κ2) is 11.0. The van der Waals surface area contributed by atoms with Gasteiger partial charge in [0.2, 0.25) is 5.91 Å². The van der Waals surface area contributed by atoms with E-state index in [0.717, 1.165) is 23.1 Å². The van der Waals surface area contributed by atoms with Crippen LogP contribution in [0.3, 0.4) is 0 Å². The van der Waals surface area contributed by atoms with Crippen LogP contribution in [0.5, 0.6) is 0 Å². The number of carbonyl (C=O) groups is 1. The minimum atomic E-state index is -4.41. The lowest BCUT2D eigenvalue weighted by Crippen LogP contribution is -2.41. The van der Waals surface area contributed by atoms with E-state index < -0.39 is 17.8 Å². The first kappa shape index (κ1) is 25.5. The molecule has 0 spiro atoms. The lowest BCUT2D eigenvalue weighted by Gasteiger charge is -2.17. The predicted octanol–water partition coefficient (Wildman–Crippen LogP) is 4.12. The molecule has 0 radical (unpaired) electrons. The molecule has 0 aliphatic heterocycles. The molecule has 0 aliphatic carbocycles. The van der Waals surface area contributed by atoms with Crippen molar-refractivity contribution in [2.75, 3.05) is 6.54 Å². The highest BCUT2D eigenvalue weighted by molar-refractivity contribution is 5.95. The highest BCUT2D eigenvalue weighted by Crippen LogP contribution is 2.29. The third-order valence-corrected chi connectivity index (χ3v) is 4.26. The Morgan fingerprint density at radius 1 is 1.23 bits per heavy atom. The molecule has 162 valence electrons. The first-order valence-electron chi connectivity index (χ1n) is 8.63. The number of nitrogens with zero attached hydrogens (tertiary/aromatic N) is 1. The zero-order valence-corrected chi connectivity index (χ0v) is 17.3. The lowest BCUT2D eigenvalue weighted by molar-refractivity contribution is -0.137. The number of pyridine rings is 1. The molecule has 2 aromatic heterocycles. The monoisotopic (exact) mass is 460 g/mol. The van der Waals surface area contributed by atoms with Gasteiger partial charge in [-0.3, -0.25) is 4.79 Å². The van der Waals surface area contributed by atoms with E-state index in [1.165, 1.54) is 12.1 Å². The number of alkyl halides is 3. The summed E-state index contributed by atoms with van der Waals surface area (Å²) in [5.74, 6) is -0.374. The van der Waals surface area contributed by atoms with Crippen LogP contribution >= 0.6 is 24.8 Å². The SMILES string of the molecule is Cl.Cl.NC[C@H](Cc1cccc(C(F)(F)F)c1)NC(=O)/C=C/c1c[nH]c2ncccc12. The molecule has 1 aromatic carbocycles. The van der Waals surface area contributed by atoms with Gasteiger partial charge >= 0.3 is 6.18 Å². The van der Waals surface area contributed by atoms with Crippen LogP contribution in [0.2, 0.25) is 0 Å². The Labute approximate surface area is 183 Å². The molecular formula is C20H21Cl2F3N4O. The quantitative estimate of drug-likeness (QED) is 0.483. The number of H-pyrrole nitrogens is 1. The van der Waals surface area contributed by atoms with Gasteiger partial charge in [-0.1, -0.05) is 18.2 Å². The zero-order chi connectivity index (χ0) is 20.1. The molecule has 10 heteroatoms. The Bertz CT molecular complexity index is 1000. The number of aromatic nitrogens is 2. The lowest BCUT2D eigenvalue weighted by atomic mass is 10.0. The van der Waals surface area contributed by atoms with Crippen molar-refractivity contribution in [3.8, 4) is 0 Å². The van der Waals surface area contributed by atoms with E-state index in [4.69, 9.17) is 5.73 Å². The molecule has 3 aromatic rings. The number of benzene rings is 1. The number of amides is 1. The van der Waals surface area contributed by atoms with Crippen LogP contribution in [0.15, 0.2) is 54.9 Å². The number of rotatable bonds is 6. The predicted molar refractivity (Wildman–Crippen MR) is 116 cm³/mol. The molecule has 3 rings (SSSR count). The third-order valence-electron chi connectivity index (χ3n) is 4.26. The second-order valence-electron chi connectivity index (χ2n) is 6.32. The number of hydrogen-bond donors (Lipinski definition) is 3. The van der Waals surface area contributed by atoms with Crippen molar-refractivity contribution >= 4 is 47.8 Å². The summed E-state index contributed by atoms with van der Waals surface area (Å²) in [7, 11) is 0. The fourth-order valence-corrected chi connectivity index (χ4v) is 2.88. The third kappa shape index (κ3) is 6.48. The van der Waals surface area contributed by atoms with Crippen LogP contribution < -0.4 is 11.1 Å². The van der Waals surface area contributed by atoms with Gasteiger partial charge in [0.05, 0.1) is 5.56 Å². The molecule has 1 amide bonds. The van der Waals surface area contributed by atoms with Gasteiger partial charge in [0.1, 0.15) is 5.65 Å². The summed E-state index contributed by atoms with van der Waals surface area (Å²) in [4.78, 5) is 19.4. The fourth-order valence-electron chi connectivity index (χ4n) is 2.88. The average Bonchev–Trinajstić information content (AvgIpc) is 3.08. The summed E-state index contributed by atoms with van der Waals surface area (Å²) in [6.07, 6.45) is 2.21. The zero-order valence-electron chi connectivity index (χ0n) is 15.6. The molecule has 0 saturated heterocycles. The molecule has 0 fully saturated rings. The molecule has 30 heavy (non-hydrogen) atoms. The topological polar surface area (TPSA) is 83.8 Å². The number of fused-ring (bicyclic) bond motifs is 1. The van der Waals surface area contributed by atoms with Crippen molar-refractivity contribution in [2.24, 2.45) is 5.73 Å². The number of nitrogens with two attached hydrogens (primary N) is 1. The minimum absolute atomic E-state index is 0. The Balaban J connectivity index is 0.00000225. The maximum atomic E-state index is 12.8. The van der Waals surface area contributed by atoms with Crippen LogP contribution in [0.1, 0.15) is 16.7 Å². The van der Waals surface area contributed by atoms with Crippen molar-refractivity contribution in [1.82, 2.24) is 15.3 Å². The van der Waals surface area contributed by atoms with Gasteiger partial charge < -0.3 is 16.0 Å². The standard InChI is InChI=1S/C20H19F3N4O.2ClH/c21-20(22,23)15-4-1-3-13(9-15)10-16(11-24)27-18(28)7-6-14-12-26-19-17(14)5-2-8-25-19;;/h1-9,12,16H,10-11,24H2,(H,25,26)(H,27,28);2*1H/b7-6+;;/t16-;;/m0../s1. The van der Waals surface area contributed by atoms with Crippen LogP contribution in [0, 0.1) is 0 Å². The van der Waals surface area contributed by atoms with Crippen molar-refractivity contribution in [3.63, 3.8) is 0 Å². The summed E-state index contributed by atoms with van der Waals surface area (Å²) in [6.45, 7) is 0.104. The van der Waals surface area contributed by atoms with Crippen molar-refractivity contribution in [3.05, 3.63) is 71.6 Å². The van der Waals surface area contributed by atoms with Crippen LogP contribution in [0.4, 0.5) is 13.2 Å². The molecule has 0 saturated carbocycles. The van der Waals surface area contributed by atoms with Gasteiger partial charge in [-0.25, -0.2) is 4.98 Å². The van der Waals surface area contributed by atoms with E-state index in [1.807, 2.05) is 6.07 Å². The Morgan fingerprint density at radius 3 is 2.70 bits per heavy atom. The molecular weight excluding hydrogens is 440 g/mol. The second-order valence-corrected chi connectivity index (χ2v) is 6.32. The first-order chi connectivity index (χ1) is 13.4. The molecule has 1 atom stereocenters. The maximum absolute atomic E-state index is 12.8. The normalized spacial score (nSPS) is 12.3. The first-order valence-corrected chi connectivity index (χ1v) is 8.63. The molecule has 0 unspecified atom stereocenters. The maximum Gasteiger partial charge on any atom is 0.416 e. The number of aromatic amines is 1. The van der Waals surface area contributed by atoms with E-state index in [-0.39, 0.29) is 43.7 Å². The van der Waals surface area contributed by atoms with Gasteiger partial charge in [0.25, 0.3) is 0 Å². The number of carbonyl (C=O) groups excluding carboxylic acids is 1. The molecule has 5 nitrogen and oxygen atoms in total. The fraction of sp³-hybridized carbons (Fsp3) is 0.200. The number of hydrogen-bond acceptors (Lipinski definition) is 3. The summed E-state index contributed by atoms with van der Waals surface area (Å²) in [5, 5.41) is 3.61. The Kier molecular flexibility index (Phi) is 9.35. The van der Waals surface area contributed by atoms with Gasteiger partial charge in [-0.15, -0.1) is 24.8 Å². The van der Waals surface area contributed by atoms with E-state index in [0.29, 0.717) is 11.2 Å². The van der Waals surface area contributed by atoms with Crippen molar-refractivity contribution < 1.29 is 18.0 Å². The number of halogens is 5. The van der Waals surface area contributed by atoms with E-state index in [9.17, 15) is 18.0 Å². The van der Waals surface area contributed by atoms with Crippen LogP contribution in [-0.4, -0.2) is 28.5 Å². The highest BCUT2D eigenvalue weighted by atomic mass is 35.5. The van der Waals surface area contributed by atoms with E-state index in [2.05, 4.69) is 15.3 Å². The average molecular weight is 461 g/mol. The Hall–Kier alpha value is -2.55. The van der Waals surface area contributed by atoms with Gasteiger partial charge in [-0.05, 0) is 36.3 Å². The molecule has 4 N–H and O–H groups in total. The highest BCUT2D eigenvalue weighted by Gasteiger charge is 2.30. The summed E-state index contributed by atoms with van der Waals surface area (Å²) in [6, 6.07) is 8.21. The van der Waals surface area contributed by atoms with E-state index >= 15 is 0 Å². The largest absolute Gasteiger partial charge is 0.416 e. The molecule has 0 aliphatic rings. The van der Waals surface area contributed by atoms with E-state index in [1.54, 1.807) is 30.6 Å².